The first-order valence-corrected chi connectivity index (χ1v) is 13.2. The minimum Gasteiger partial charge on any atom is -0.371 e. The number of aromatic nitrogens is 2. The maximum Gasteiger partial charge on any atom is 0.222 e. The van der Waals surface area contributed by atoms with Crippen LogP contribution in [0.1, 0.15) is 51.0 Å². The van der Waals surface area contributed by atoms with Crippen molar-refractivity contribution >= 4 is 41.1 Å². The number of nitrogens with one attached hydrogen (secondary N) is 1. The molecule has 1 aromatic carbocycles. The van der Waals surface area contributed by atoms with Crippen LogP contribution in [0.4, 0.5) is 11.5 Å². The van der Waals surface area contributed by atoms with E-state index in [0.29, 0.717) is 11.4 Å². The first-order chi connectivity index (χ1) is 16.0. The van der Waals surface area contributed by atoms with Crippen molar-refractivity contribution in [3.8, 4) is 0 Å². The van der Waals surface area contributed by atoms with Crippen LogP contribution in [0.5, 0.6) is 0 Å². The average molecular weight is 489 g/mol. The molecule has 2 aromatic rings. The number of carbonyl (C=O) groups is 1. The molecule has 9 heteroatoms. The molecule has 178 valence electrons. The van der Waals surface area contributed by atoms with Gasteiger partial charge in [-0.15, -0.1) is 5.10 Å². The molecule has 1 spiro atoms. The van der Waals surface area contributed by atoms with E-state index in [2.05, 4.69) is 42.7 Å². The van der Waals surface area contributed by atoms with Crippen LogP contribution in [0.3, 0.4) is 0 Å². The molecule has 0 unspecified atom stereocenters. The minimum atomic E-state index is -0.0984. The summed E-state index contributed by atoms with van der Waals surface area (Å²) in [4.78, 5) is 16.4. The fourth-order valence-electron chi connectivity index (χ4n) is 5.61. The standard InChI is InChI=1S/C24H33ClN6OS/c1-19(32)26-23-5-12-31(27-23)33-30-13-7-24(8-14-30)6-4-11-29(24)18-20-15-21(25)17-22(16-20)28-9-2-3-10-28/h5,12,15-17H,2-4,6-11,13-14,18H2,1H3,(H,26,27,32). The maximum atomic E-state index is 11.2. The summed E-state index contributed by atoms with van der Waals surface area (Å²) < 4.78 is 4.22. The van der Waals surface area contributed by atoms with Gasteiger partial charge in [0, 0.05) is 68.2 Å². The zero-order chi connectivity index (χ0) is 22.8. The van der Waals surface area contributed by atoms with Gasteiger partial charge in [0.1, 0.15) is 0 Å². The number of piperidine rings is 1. The summed E-state index contributed by atoms with van der Waals surface area (Å²) >= 11 is 8.15. The van der Waals surface area contributed by atoms with Crippen molar-refractivity contribution in [3.05, 3.63) is 41.0 Å². The number of benzene rings is 1. The van der Waals surface area contributed by atoms with E-state index in [1.54, 1.807) is 12.1 Å². The van der Waals surface area contributed by atoms with E-state index < -0.39 is 0 Å². The molecule has 3 saturated heterocycles. The summed E-state index contributed by atoms with van der Waals surface area (Å²) in [6, 6.07) is 8.47. The third-order valence-corrected chi connectivity index (χ3v) is 8.44. The second kappa shape index (κ2) is 9.86. The van der Waals surface area contributed by atoms with E-state index in [0.717, 1.165) is 44.3 Å². The van der Waals surface area contributed by atoms with Crippen molar-refractivity contribution in [1.29, 1.82) is 0 Å². The number of rotatable bonds is 6. The Labute approximate surface area is 205 Å². The quantitative estimate of drug-likeness (QED) is 0.598. The zero-order valence-corrected chi connectivity index (χ0v) is 20.9. The highest BCUT2D eigenvalue weighted by Gasteiger charge is 2.43. The van der Waals surface area contributed by atoms with Crippen molar-refractivity contribution in [2.75, 3.05) is 42.9 Å². The van der Waals surface area contributed by atoms with E-state index in [1.807, 2.05) is 16.4 Å². The number of hydrogen-bond donors (Lipinski definition) is 1. The molecule has 3 aliphatic rings. The van der Waals surface area contributed by atoms with Gasteiger partial charge in [0.25, 0.3) is 0 Å². The Hall–Kier alpha value is -1.74. The molecular weight excluding hydrogens is 456 g/mol. The molecule has 0 bridgehead atoms. The molecule has 4 heterocycles. The predicted octanol–water partition coefficient (Wildman–Crippen LogP) is 4.64. The van der Waals surface area contributed by atoms with Crippen LogP contribution in [0.15, 0.2) is 30.5 Å². The molecule has 0 atom stereocenters. The summed E-state index contributed by atoms with van der Waals surface area (Å²) in [6.07, 6.45) is 9.33. The third-order valence-electron chi connectivity index (χ3n) is 7.25. The normalized spacial score (nSPS) is 21.2. The fourth-order valence-corrected chi connectivity index (χ4v) is 6.69. The topological polar surface area (TPSA) is 56.6 Å². The smallest absolute Gasteiger partial charge is 0.222 e. The SMILES string of the molecule is CC(=O)Nc1ccn(SN2CCC3(CCCN3Cc3cc(Cl)cc(N4CCCC4)c3)CC2)n1. The number of nitrogens with zero attached hydrogens (tertiary/aromatic N) is 5. The Morgan fingerprint density at radius 2 is 1.88 bits per heavy atom. The maximum absolute atomic E-state index is 11.2. The van der Waals surface area contributed by atoms with Gasteiger partial charge in [0.2, 0.25) is 5.91 Å². The van der Waals surface area contributed by atoms with Crippen molar-refractivity contribution in [2.24, 2.45) is 0 Å². The van der Waals surface area contributed by atoms with Crippen LogP contribution in [-0.2, 0) is 11.3 Å². The summed E-state index contributed by atoms with van der Waals surface area (Å²) in [6.45, 7) is 8.00. The number of amides is 1. The van der Waals surface area contributed by atoms with Gasteiger partial charge >= 0.3 is 0 Å². The lowest BCUT2D eigenvalue weighted by atomic mass is 9.85. The van der Waals surface area contributed by atoms with Crippen LogP contribution in [0.2, 0.25) is 5.02 Å². The fraction of sp³-hybridized carbons (Fsp3) is 0.583. The van der Waals surface area contributed by atoms with E-state index in [-0.39, 0.29) is 5.91 Å². The van der Waals surface area contributed by atoms with Crippen molar-refractivity contribution in [1.82, 2.24) is 18.4 Å². The molecule has 1 amide bonds. The molecule has 3 aliphatic heterocycles. The molecular formula is C24H33ClN6OS. The highest BCUT2D eigenvalue weighted by atomic mass is 35.5. The van der Waals surface area contributed by atoms with Gasteiger partial charge in [0.15, 0.2) is 5.82 Å². The first kappa shape index (κ1) is 23.0. The molecule has 0 saturated carbocycles. The van der Waals surface area contributed by atoms with Gasteiger partial charge in [-0.1, -0.05) is 11.6 Å². The Morgan fingerprint density at radius 3 is 2.64 bits per heavy atom. The third kappa shape index (κ3) is 5.34. The minimum absolute atomic E-state index is 0.0984. The van der Waals surface area contributed by atoms with Crippen LogP contribution < -0.4 is 10.2 Å². The van der Waals surface area contributed by atoms with Crippen molar-refractivity contribution in [3.63, 3.8) is 0 Å². The Balaban J connectivity index is 1.20. The van der Waals surface area contributed by atoms with Crippen molar-refractivity contribution in [2.45, 2.75) is 57.5 Å². The zero-order valence-electron chi connectivity index (χ0n) is 19.3. The molecule has 0 aliphatic carbocycles. The number of likely N-dealkylation sites (tertiary alicyclic amines) is 1. The monoisotopic (exact) mass is 488 g/mol. The number of hydrogen-bond acceptors (Lipinski definition) is 6. The van der Waals surface area contributed by atoms with Crippen LogP contribution in [0, 0.1) is 0 Å². The highest BCUT2D eigenvalue weighted by molar-refractivity contribution is 7.95. The van der Waals surface area contributed by atoms with Gasteiger partial charge in [-0.05, 0) is 68.8 Å². The van der Waals surface area contributed by atoms with Gasteiger partial charge in [-0.2, -0.15) is 4.09 Å². The van der Waals surface area contributed by atoms with Gasteiger partial charge in [-0.25, -0.2) is 4.31 Å². The summed E-state index contributed by atoms with van der Waals surface area (Å²) in [5, 5.41) is 8.02. The number of halogens is 1. The summed E-state index contributed by atoms with van der Waals surface area (Å²) in [5.41, 5.74) is 2.91. The Kier molecular flexibility index (Phi) is 6.88. The number of carbonyl (C=O) groups excluding carboxylic acids is 1. The summed E-state index contributed by atoms with van der Waals surface area (Å²) in [5.74, 6) is 0.499. The van der Waals surface area contributed by atoms with Gasteiger partial charge in [-0.3, -0.25) is 9.69 Å². The lowest BCUT2D eigenvalue weighted by Gasteiger charge is -2.44. The second-order valence-electron chi connectivity index (χ2n) is 9.56. The van der Waals surface area contributed by atoms with E-state index >= 15 is 0 Å². The molecule has 1 N–H and O–H groups in total. The largest absolute Gasteiger partial charge is 0.371 e. The molecule has 7 nitrogen and oxygen atoms in total. The lowest BCUT2D eigenvalue weighted by molar-refractivity contribution is -0.114. The van der Waals surface area contributed by atoms with E-state index in [9.17, 15) is 4.79 Å². The van der Waals surface area contributed by atoms with E-state index in [1.165, 1.54) is 56.7 Å². The number of anilines is 2. The molecule has 1 aromatic heterocycles. The summed E-state index contributed by atoms with van der Waals surface area (Å²) in [7, 11) is 0. The second-order valence-corrected chi connectivity index (χ2v) is 11.0. The average Bonchev–Trinajstić information content (AvgIpc) is 3.52. The Morgan fingerprint density at radius 1 is 1.09 bits per heavy atom. The van der Waals surface area contributed by atoms with Crippen LogP contribution >= 0.6 is 23.7 Å². The van der Waals surface area contributed by atoms with Crippen LogP contribution in [0.25, 0.3) is 0 Å². The molecule has 5 rings (SSSR count). The first-order valence-electron chi connectivity index (χ1n) is 12.1. The highest BCUT2D eigenvalue weighted by Crippen LogP contribution is 2.41. The predicted molar refractivity (Wildman–Crippen MR) is 136 cm³/mol. The van der Waals surface area contributed by atoms with Gasteiger partial charge in [0.05, 0.1) is 12.1 Å². The van der Waals surface area contributed by atoms with Gasteiger partial charge < -0.3 is 10.2 Å². The Bertz CT molecular complexity index is 983. The van der Waals surface area contributed by atoms with E-state index in [4.69, 9.17) is 11.6 Å². The molecule has 3 fully saturated rings. The van der Waals surface area contributed by atoms with Crippen molar-refractivity contribution < 1.29 is 4.79 Å². The molecule has 0 radical (unpaired) electrons. The van der Waals surface area contributed by atoms with Crippen LogP contribution in [-0.4, -0.2) is 62.6 Å². The molecule has 33 heavy (non-hydrogen) atoms. The lowest BCUT2D eigenvalue weighted by Crippen LogP contribution is -2.50.